The summed E-state index contributed by atoms with van der Waals surface area (Å²) in [6, 6.07) is 5.58. The molecule has 3 aliphatic rings. The summed E-state index contributed by atoms with van der Waals surface area (Å²) in [5.74, 6) is -0.754. The topological polar surface area (TPSA) is 76.0 Å². The van der Waals surface area contributed by atoms with E-state index in [0.29, 0.717) is 23.9 Å². The Morgan fingerprint density at radius 2 is 2.20 bits per heavy atom. The molecule has 0 spiro atoms. The number of amidine groups is 1. The molecule has 0 bridgehead atoms. The van der Waals surface area contributed by atoms with Gasteiger partial charge in [0.2, 0.25) is 0 Å². The number of halogens is 1. The summed E-state index contributed by atoms with van der Waals surface area (Å²) in [6.45, 7) is 0.547. The summed E-state index contributed by atoms with van der Waals surface area (Å²) in [6.07, 6.45) is 0.930. The number of fused-ring (bicyclic) bond motifs is 1. The van der Waals surface area contributed by atoms with Crippen LogP contribution in [0.15, 0.2) is 29.3 Å². The van der Waals surface area contributed by atoms with Gasteiger partial charge in [0.15, 0.2) is 15.0 Å². The number of aliphatic imine (C=N–C) groups is 1. The third kappa shape index (κ3) is 3.32. The van der Waals surface area contributed by atoms with E-state index >= 15 is 0 Å². The molecule has 1 aromatic carbocycles. The average Bonchev–Trinajstić information content (AvgIpc) is 3.21. The van der Waals surface area contributed by atoms with Gasteiger partial charge >= 0.3 is 0 Å². The Bertz CT molecular complexity index is 836. The minimum Gasteiger partial charge on any atom is -0.368 e. The maximum absolute atomic E-state index is 13.7. The molecule has 25 heavy (non-hydrogen) atoms. The fourth-order valence-corrected chi connectivity index (χ4v) is 7.35. The van der Waals surface area contributed by atoms with Crippen LogP contribution in [0.3, 0.4) is 0 Å². The summed E-state index contributed by atoms with van der Waals surface area (Å²) in [5.41, 5.74) is 0.510. The summed E-state index contributed by atoms with van der Waals surface area (Å²) in [4.78, 5) is 18.2. The molecule has 0 N–H and O–H groups in total. The van der Waals surface area contributed by atoms with Crippen LogP contribution in [-0.4, -0.2) is 55.0 Å². The molecule has 0 radical (unpaired) electrons. The van der Waals surface area contributed by atoms with Gasteiger partial charge < -0.3 is 9.64 Å². The number of anilines is 1. The number of nitrogens with zero attached hydrogens (tertiary/aromatic N) is 2. The quantitative estimate of drug-likeness (QED) is 0.771. The van der Waals surface area contributed by atoms with Crippen LogP contribution in [0.25, 0.3) is 0 Å². The number of carbonyl (C=O) groups excluding carboxylic acids is 1. The number of rotatable bonds is 2. The number of ether oxygens (including phenoxy) is 1. The number of thioether (sulfide) groups is 1. The highest BCUT2D eigenvalue weighted by molar-refractivity contribution is 8.16. The predicted molar refractivity (Wildman–Crippen MR) is 94.1 cm³/mol. The summed E-state index contributed by atoms with van der Waals surface area (Å²) in [5, 5.41) is 0.223. The van der Waals surface area contributed by atoms with Gasteiger partial charge in [0.05, 0.1) is 17.5 Å². The van der Waals surface area contributed by atoms with Gasteiger partial charge in [0.1, 0.15) is 11.9 Å². The van der Waals surface area contributed by atoms with Crippen molar-refractivity contribution in [2.24, 2.45) is 4.99 Å². The van der Waals surface area contributed by atoms with Gasteiger partial charge in [-0.1, -0.05) is 17.8 Å². The van der Waals surface area contributed by atoms with E-state index in [0.717, 1.165) is 6.42 Å². The minimum atomic E-state index is -3.14. The Kier molecular flexibility index (Phi) is 4.33. The van der Waals surface area contributed by atoms with Crippen LogP contribution in [0.1, 0.15) is 12.8 Å². The number of hydrogen-bond acceptors (Lipinski definition) is 5. The van der Waals surface area contributed by atoms with E-state index in [-0.39, 0.29) is 28.7 Å². The second-order valence-corrected chi connectivity index (χ2v) is 9.74. The molecule has 134 valence electrons. The van der Waals surface area contributed by atoms with Crippen molar-refractivity contribution in [1.29, 1.82) is 0 Å². The highest BCUT2D eigenvalue weighted by Gasteiger charge is 2.49. The molecule has 1 amide bonds. The van der Waals surface area contributed by atoms with Crippen LogP contribution in [0.2, 0.25) is 0 Å². The Morgan fingerprint density at radius 1 is 1.36 bits per heavy atom. The first kappa shape index (κ1) is 17.0. The highest BCUT2D eigenvalue weighted by Crippen LogP contribution is 2.41. The normalized spacial score (nSPS) is 32.3. The minimum absolute atomic E-state index is 0.0195. The molecule has 4 rings (SSSR count). The third-order valence-corrected chi connectivity index (χ3v) is 7.77. The van der Waals surface area contributed by atoms with E-state index in [9.17, 15) is 17.6 Å². The van der Waals surface area contributed by atoms with Crippen LogP contribution in [0, 0.1) is 5.82 Å². The lowest BCUT2D eigenvalue weighted by atomic mass is 10.2. The third-order valence-electron chi connectivity index (χ3n) is 4.56. The molecule has 0 saturated carbocycles. The lowest BCUT2D eigenvalue weighted by Gasteiger charge is -2.24. The Hall–Kier alpha value is -1.45. The average molecular weight is 384 g/mol. The lowest BCUT2D eigenvalue weighted by molar-refractivity contribution is -0.126. The molecule has 3 saturated heterocycles. The van der Waals surface area contributed by atoms with Crippen molar-refractivity contribution in [2.45, 2.75) is 30.2 Å². The SMILES string of the molecule is O=C(N=C1S[C@H]2CS(=O)(=O)C[C@@H]2N1c1cccc(F)c1)[C@H]1CCCO1. The Morgan fingerprint density at radius 3 is 2.92 bits per heavy atom. The second-order valence-electron chi connectivity index (χ2n) is 6.38. The van der Waals surface area contributed by atoms with Crippen LogP contribution < -0.4 is 4.90 Å². The van der Waals surface area contributed by atoms with E-state index in [4.69, 9.17) is 4.74 Å². The predicted octanol–water partition coefficient (Wildman–Crippen LogP) is 1.61. The van der Waals surface area contributed by atoms with Crippen molar-refractivity contribution < 1.29 is 22.3 Å². The van der Waals surface area contributed by atoms with Crippen LogP contribution >= 0.6 is 11.8 Å². The maximum Gasteiger partial charge on any atom is 0.277 e. The van der Waals surface area contributed by atoms with Crippen molar-refractivity contribution in [3.8, 4) is 0 Å². The zero-order valence-electron chi connectivity index (χ0n) is 13.3. The standard InChI is InChI=1S/C16H17FN2O4S2/c17-10-3-1-4-11(7-10)19-12-8-25(21,22)9-14(12)24-16(19)18-15(20)13-5-2-6-23-13/h1,3-4,7,12-14H,2,5-6,8-9H2/t12-,13+,14-/m0/s1. The second kappa shape index (κ2) is 6.37. The first-order valence-electron chi connectivity index (χ1n) is 8.09. The van der Waals surface area contributed by atoms with Crippen LogP contribution in [0.5, 0.6) is 0 Å². The monoisotopic (exact) mass is 384 g/mol. The maximum atomic E-state index is 13.7. The van der Waals surface area contributed by atoms with E-state index in [1.165, 1.54) is 23.9 Å². The van der Waals surface area contributed by atoms with E-state index < -0.39 is 21.8 Å². The first-order chi connectivity index (χ1) is 11.9. The summed E-state index contributed by atoms with van der Waals surface area (Å²) < 4.78 is 43.0. The van der Waals surface area contributed by atoms with E-state index in [2.05, 4.69) is 4.99 Å². The Labute approximate surface area is 149 Å². The van der Waals surface area contributed by atoms with Crippen molar-refractivity contribution in [2.75, 3.05) is 23.0 Å². The zero-order chi connectivity index (χ0) is 17.6. The van der Waals surface area contributed by atoms with Gasteiger partial charge in [-0.05, 0) is 31.0 Å². The van der Waals surface area contributed by atoms with Crippen molar-refractivity contribution in [1.82, 2.24) is 0 Å². The zero-order valence-corrected chi connectivity index (χ0v) is 14.9. The number of benzene rings is 1. The number of hydrogen-bond donors (Lipinski definition) is 0. The smallest absolute Gasteiger partial charge is 0.277 e. The molecule has 0 aromatic heterocycles. The summed E-state index contributed by atoms with van der Waals surface area (Å²) in [7, 11) is -3.14. The molecule has 6 nitrogen and oxygen atoms in total. The van der Waals surface area contributed by atoms with Gasteiger partial charge in [-0.25, -0.2) is 12.8 Å². The van der Waals surface area contributed by atoms with Crippen LogP contribution in [0.4, 0.5) is 10.1 Å². The number of carbonyl (C=O) groups is 1. The fraction of sp³-hybridized carbons (Fsp3) is 0.500. The molecular weight excluding hydrogens is 367 g/mol. The van der Waals surface area contributed by atoms with Crippen molar-refractivity contribution >= 4 is 38.4 Å². The van der Waals surface area contributed by atoms with Gasteiger partial charge in [-0.15, -0.1) is 0 Å². The van der Waals surface area contributed by atoms with Gasteiger partial charge in [-0.3, -0.25) is 4.79 Å². The molecule has 3 heterocycles. The molecule has 3 fully saturated rings. The molecule has 3 aliphatic heterocycles. The molecule has 9 heteroatoms. The molecular formula is C16H17FN2O4S2. The van der Waals surface area contributed by atoms with Gasteiger partial charge in [0.25, 0.3) is 5.91 Å². The molecule has 0 aliphatic carbocycles. The molecule has 0 unspecified atom stereocenters. The lowest BCUT2D eigenvalue weighted by Crippen LogP contribution is -2.38. The summed E-state index contributed by atoms with van der Waals surface area (Å²) >= 11 is 1.28. The van der Waals surface area contributed by atoms with Crippen molar-refractivity contribution in [3.63, 3.8) is 0 Å². The molecule has 3 atom stereocenters. The van der Waals surface area contributed by atoms with E-state index in [1.54, 1.807) is 17.0 Å². The van der Waals surface area contributed by atoms with Crippen LogP contribution in [-0.2, 0) is 19.4 Å². The molecule has 1 aromatic rings. The Balaban J connectivity index is 1.69. The van der Waals surface area contributed by atoms with Crippen molar-refractivity contribution in [3.05, 3.63) is 30.1 Å². The fourth-order valence-electron chi connectivity index (χ4n) is 3.43. The van der Waals surface area contributed by atoms with E-state index in [1.807, 2.05) is 0 Å². The van der Waals surface area contributed by atoms with Gasteiger partial charge in [-0.2, -0.15) is 4.99 Å². The largest absolute Gasteiger partial charge is 0.368 e. The highest BCUT2D eigenvalue weighted by atomic mass is 32.2. The number of amides is 1. The first-order valence-corrected chi connectivity index (χ1v) is 10.8. The number of sulfone groups is 1. The van der Waals surface area contributed by atoms with Gasteiger partial charge in [0, 0.05) is 17.5 Å².